The third-order valence-electron chi connectivity index (χ3n) is 3.80. The maximum absolute atomic E-state index is 12.6. The van der Waals surface area contributed by atoms with Crippen LogP contribution in [0.25, 0.3) is 0 Å². The SMILES string of the molecule is Cc1ccccc1CN(C)C(=O)c1ccc2c(c1)OCCO2. The molecule has 1 aliphatic heterocycles. The molecule has 0 aliphatic carbocycles. The lowest BCUT2D eigenvalue weighted by Gasteiger charge is -2.21. The third-order valence-corrected chi connectivity index (χ3v) is 3.80. The number of benzene rings is 2. The molecule has 0 fully saturated rings. The number of carbonyl (C=O) groups is 1. The highest BCUT2D eigenvalue weighted by atomic mass is 16.6. The molecule has 0 aromatic heterocycles. The zero-order valence-corrected chi connectivity index (χ0v) is 12.8. The largest absolute Gasteiger partial charge is 0.486 e. The van der Waals surface area contributed by atoms with E-state index >= 15 is 0 Å². The Bertz CT molecular complexity index is 696. The lowest BCUT2D eigenvalue weighted by Crippen LogP contribution is -2.26. The number of hydrogen-bond acceptors (Lipinski definition) is 3. The van der Waals surface area contributed by atoms with Gasteiger partial charge < -0.3 is 14.4 Å². The molecule has 1 amide bonds. The van der Waals surface area contributed by atoms with E-state index in [0.29, 0.717) is 36.8 Å². The van der Waals surface area contributed by atoms with E-state index in [1.54, 1.807) is 23.1 Å². The van der Waals surface area contributed by atoms with Crippen molar-refractivity contribution in [2.45, 2.75) is 13.5 Å². The second kappa shape index (κ2) is 6.10. The molecule has 0 unspecified atom stereocenters. The predicted molar refractivity (Wildman–Crippen MR) is 84.4 cm³/mol. The van der Waals surface area contributed by atoms with Gasteiger partial charge in [-0.1, -0.05) is 24.3 Å². The number of hydrogen-bond donors (Lipinski definition) is 0. The van der Waals surface area contributed by atoms with Crippen LogP contribution >= 0.6 is 0 Å². The van der Waals surface area contributed by atoms with Gasteiger partial charge in [0.05, 0.1) is 0 Å². The van der Waals surface area contributed by atoms with Crippen molar-refractivity contribution in [3.05, 3.63) is 59.2 Å². The lowest BCUT2D eigenvalue weighted by atomic mass is 10.1. The number of aryl methyl sites for hydroxylation is 1. The van der Waals surface area contributed by atoms with Crippen molar-refractivity contribution in [3.8, 4) is 11.5 Å². The van der Waals surface area contributed by atoms with Crippen molar-refractivity contribution in [3.63, 3.8) is 0 Å². The Balaban J connectivity index is 1.77. The Kier molecular flexibility index (Phi) is 4.00. The molecule has 0 N–H and O–H groups in total. The highest BCUT2D eigenvalue weighted by molar-refractivity contribution is 5.94. The predicted octanol–water partition coefficient (Wildman–Crippen LogP) is 3.04. The minimum atomic E-state index is -0.0276. The zero-order valence-electron chi connectivity index (χ0n) is 12.8. The van der Waals surface area contributed by atoms with Crippen molar-refractivity contribution in [2.75, 3.05) is 20.3 Å². The van der Waals surface area contributed by atoms with E-state index in [-0.39, 0.29) is 5.91 Å². The summed E-state index contributed by atoms with van der Waals surface area (Å²) in [5, 5.41) is 0. The van der Waals surface area contributed by atoms with Crippen LogP contribution < -0.4 is 9.47 Å². The summed E-state index contributed by atoms with van der Waals surface area (Å²) in [5.41, 5.74) is 2.94. The van der Waals surface area contributed by atoms with Gasteiger partial charge in [-0.15, -0.1) is 0 Å². The van der Waals surface area contributed by atoms with Gasteiger partial charge in [-0.3, -0.25) is 4.79 Å². The Morgan fingerprint density at radius 3 is 2.59 bits per heavy atom. The molecule has 1 aliphatic rings. The minimum absolute atomic E-state index is 0.0276. The van der Waals surface area contributed by atoms with Crippen molar-refractivity contribution in [1.82, 2.24) is 4.90 Å². The summed E-state index contributed by atoms with van der Waals surface area (Å²) in [7, 11) is 1.81. The molecule has 0 bridgehead atoms. The van der Waals surface area contributed by atoms with E-state index in [2.05, 4.69) is 13.0 Å². The first-order valence-electron chi connectivity index (χ1n) is 7.35. The fraction of sp³-hybridized carbons (Fsp3) is 0.278. The van der Waals surface area contributed by atoms with Crippen molar-refractivity contribution in [1.29, 1.82) is 0 Å². The maximum atomic E-state index is 12.6. The summed E-state index contributed by atoms with van der Waals surface area (Å²) in [5.74, 6) is 1.31. The lowest BCUT2D eigenvalue weighted by molar-refractivity contribution is 0.0783. The van der Waals surface area contributed by atoms with E-state index in [4.69, 9.17) is 9.47 Å². The molecule has 114 valence electrons. The van der Waals surface area contributed by atoms with Crippen LogP contribution in [0.3, 0.4) is 0 Å². The van der Waals surface area contributed by atoms with Crippen LogP contribution in [0, 0.1) is 6.92 Å². The topological polar surface area (TPSA) is 38.8 Å². The summed E-state index contributed by atoms with van der Waals surface area (Å²) >= 11 is 0. The summed E-state index contributed by atoms with van der Waals surface area (Å²) < 4.78 is 11.0. The fourth-order valence-corrected chi connectivity index (χ4v) is 2.51. The van der Waals surface area contributed by atoms with Crippen LogP contribution in [-0.2, 0) is 6.54 Å². The van der Waals surface area contributed by atoms with Gasteiger partial charge in [-0.2, -0.15) is 0 Å². The normalized spacial score (nSPS) is 12.8. The Hall–Kier alpha value is -2.49. The van der Waals surface area contributed by atoms with Crippen LogP contribution in [0.15, 0.2) is 42.5 Å². The summed E-state index contributed by atoms with van der Waals surface area (Å²) in [4.78, 5) is 14.3. The highest BCUT2D eigenvalue weighted by Crippen LogP contribution is 2.31. The molecular weight excluding hydrogens is 278 g/mol. The van der Waals surface area contributed by atoms with E-state index in [0.717, 1.165) is 5.56 Å². The molecular formula is C18H19NO3. The Labute approximate surface area is 130 Å². The molecule has 0 saturated heterocycles. The van der Waals surface area contributed by atoms with Gasteiger partial charge in [0.25, 0.3) is 5.91 Å². The molecule has 0 atom stereocenters. The van der Waals surface area contributed by atoms with Gasteiger partial charge in [0.1, 0.15) is 13.2 Å². The van der Waals surface area contributed by atoms with Gasteiger partial charge in [0.2, 0.25) is 0 Å². The molecule has 4 nitrogen and oxygen atoms in total. The molecule has 2 aromatic carbocycles. The third kappa shape index (κ3) is 2.91. The second-order valence-corrected chi connectivity index (χ2v) is 5.45. The Morgan fingerprint density at radius 1 is 1.09 bits per heavy atom. The molecule has 2 aromatic rings. The van der Waals surface area contributed by atoms with Crippen LogP contribution in [0.5, 0.6) is 11.5 Å². The monoisotopic (exact) mass is 297 g/mol. The number of nitrogens with zero attached hydrogens (tertiary/aromatic N) is 1. The number of amides is 1. The summed E-state index contributed by atoms with van der Waals surface area (Å²) in [6, 6.07) is 13.4. The fourth-order valence-electron chi connectivity index (χ4n) is 2.51. The van der Waals surface area contributed by atoms with Gasteiger partial charge in [0.15, 0.2) is 11.5 Å². The number of carbonyl (C=O) groups excluding carboxylic acids is 1. The van der Waals surface area contributed by atoms with Crippen molar-refractivity contribution >= 4 is 5.91 Å². The molecule has 4 heteroatoms. The number of fused-ring (bicyclic) bond motifs is 1. The van der Waals surface area contributed by atoms with Gasteiger partial charge >= 0.3 is 0 Å². The summed E-state index contributed by atoms with van der Waals surface area (Å²) in [6.07, 6.45) is 0. The van der Waals surface area contributed by atoms with Crippen molar-refractivity contribution < 1.29 is 14.3 Å². The number of rotatable bonds is 3. The van der Waals surface area contributed by atoms with E-state index in [1.165, 1.54) is 5.56 Å². The van der Waals surface area contributed by atoms with E-state index in [9.17, 15) is 4.79 Å². The van der Waals surface area contributed by atoms with Gasteiger partial charge in [0, 0.05) is 19.2 Å². The smallest absolute Gasteiger partial charge is 0.254 e. The van der Waals surface area contributed by atoms with Crippen LogP contribution in [0.2, 0.25) is 0 Å². The molecule has 0 radical (unpaired) electrons. The quantitative estimate of drug-likeness (QED) is 0.874. The molecule has 22 heavy (non-hydrogen) atoms. The van der Waals surface area contributed by atoms with Crippen LogP contribution in [0.1, 0.15) is 21.5 Å². The van der Waals surface area contributed by atoms with E-state index < -0.39 is 0 Å². The molecule has 1 heterocycles. The van der Waals surface area contributed by atoms with Gasteiger partial charge in [-0.05, 0) is 36.2 Å². The molecule has 3 rings (SSSR count). The van der Waals surface area contributed by atoms with E-state index in [1.807, 2.05) is 25.2 Å². The average Bonchev–Trinajstić information content (AvgIpc) is 2.55. The second-order valence-electron chi connectivity index (χ2n) is 5.45. The summed E-state index contributed by atoms with van der Waals surface area (Å²) in [6.45, 7) is 3.70. The minimum Gasteiger partial charge on any atom is -0.486 e. The van der Waals surface area contributed by atoms with Gasteiger partial charge in [-0.25, -0.2) is 0 Å². The average molecular weight is 297 g/mol. The van der Waals surface area contributed by atoms with Crippen molar-refractivity contribution in [2.24, 2.45) is 0 Å². The standard InChI is InChI=1S/C18H19NO3/c1-13-5-3-4-6-15(13)12-19(2)18(20)14-7-8-16-17(11-14)22-10-9-21-16/h3-8,11H,9-10,12H2,1-2H3. The first kappa shape index (κ1) is 14.4. The molecule has 0 spiro atoms. The maximum Gasteiger partial charge on any atom is 0.254 e. The first-order chi connectivity index (χ1) is 10.6. The molecule has 0 saturated carbocycles. The Morgan fingerprint density at radius 2 is 1.82 bits per heavy atom. The first-order valence-corrected chi connectivity index (χ1v) is 7.35. The zero-order chi connectivity index (χ0) is 15.5. The highest BCUT2D eigenvalue weighted by Gasteiger charge is 2.17. The van der Waals surface area contributed by atoms with Crippen LogP contribution in [0.4, 0.5) is 0 Å². The number of ether oxygens (including phenoxy) is 2. The van der Waals surface area contributed by atoms with Crippen LogP contribution in [-0.4, -0.2) is 31.1 Å².